The molecule has 0 spiro atoms. The quantitative estimate of drug-likeness (QED) is 0.0730. The molecule has 0 radical (unpaired) electrons. The smallest absolute Gasteiger partial charge is 0.419 e. The minimum atomic E-state index is -4.55. The van der Waals surface area contributed by atoms with Crippen LogP contribution < -0.4 is 73.9 Å². The summed E-state index contributed by atoms with van der Waals surface area (Å²) in [6, 6.07) is 53.1. The summed E-state index contributed by atoms with van der Waals surface area (Å²) in [6.07, 6.45) is 3.51. The number of alkyl halides is 9. The second kappa shape index (κ2) is 40.7. The largest absolute Gasteiger partial charge is 0.422 e. The van der Waals surface area contributed by atoms with Crippen molar-refractivity contribution in [2.24, 2.45) is 0 Å². The lowest BCUT2D eigenvalue weighted by Gasteiger charge is -2.37. The van der Waals surface area contributed by atoms with Crippen LogP contribution in [0.1, 0.15) is 49.4 Å². The lowest BCUT2D eigenvalue weighted by atomic mass is 10.1. The third kappa shape index (κ3) is 21.1. The Labute approximate surface area is 846 Å². The molecule has 5 fully saturated rings. The lowest BCUT2D eigenvalue weighted by Crippen LogP contribution is -2.54. The molecule has 0 amide bonds. The number of nitrogens with one attached hydrogen (secondary N) is 4. The van der Waals surface area contributed by atoms with Gasteiger partial charge in [0.25, 0.3) is 0 Å². The van der Waals surface area contributed by atoms with E-state index in [0.717, 1.165) is 186 Å². The molecule has 5 aromatic carbocycles. The zero-order valence-corrected chi connectivity index (χ0v) is 81.8. The van der Waals surface area contributed by atoms with E-state index in [0.29, 0.717) is 95.4 Å². The maximum Gasteiger partial charge on any atom is 0.419 e. The molecule has 3 atom stereocenters. The zero-order valence-electron chi connectivity index (χ0n) is 81.1. The molecule has 764 valence electrons. The number of imidazole rings is 5. The first-order chi connectivity index (χ1) is 71.6. The van der Waals surface area contributed by atoms with Crippen molar-refractivity contribution in [3.63, 3.8) is 0 Å². The number of aromatic nitrogens is 10. The molecular weight excluding hydrogens is 1960 g/mol. The number of fused-ring (bicyclic) bond motifs is 10. The van der Waals surface area contributed by atoms with E-state index >= 15 is 0 Å². The number of likely N-dealkylation sites (N-methyl/N-ethyl adjacent to an activating group) is 1. The van der Waals surface area contributed by atoms with Crippen molar-refractivity contribution in [2.75, 3.05) is 143 Å². The highest BCUT2D eigenvalue weighted by molar-refractivity contribution is 6.33. The van der Waals surface area contributed by atoms with Crippen LogP contribution >= 0.6 is 11.6 Å². The van der Waals surface area contributed by atoms with Crippen molar-refractivity contribution in [1.82, 2.24) is 73.1 Å². The molecule has 30 nitrogen and oxygen atoms in total. The molecule has 40 heteroatoms. The van der Waals surface area contributed by atoms with Gasteiger partial charge in [-0.25, -0.2) is 48.9 Å². The molecule has 4 N–H and O–H groups in total. The first kappa shape index (κ1) is 99.1. The number of piperazine rings is 4. The summed E-state index contributed by atoms with van der Waals surface area (Å²) in [7, 11) is 2.08. The third-order valence-corrected chi connectivity index (χ3v) is 27.4. The normalized spacial score (nSPS) is 16.7. The number of hydrogen-bond acceptors (Lipinski definition) is 25. The van der Waals surface area contributed by atoms with Crippen molar-refractivity contribution in [1.29, 1.82) is 0 Å². The van der Waals surface area contributed by atoms with E-state index in [2.05, 4.69) is 116 Å². The van der Waals surface area contributed by atoms with Gasteiger partial charge in [0, 0.05) is 271 Å². The van der Waals surface area contributed by atoms with Crippen molar-refractivity contribution in [3.05, 3.63) is 323 Å². The van der Waals surface area contributed by atoms with E-state index in [9.17, 15) is 63.5 Å². The summed E-state index contributed by atoms with van der Waals surface area (Å²) in [5, 5.41) is 17.9. The Morgan fingerprint density at radius 2 is 0.651 bits per heavy atom. The van der Waals surface area contributed by atoms with Crippen molar-refractivity contribution < 1.29 is 61.6 Å². The van der Waals surface area contributed by atoms with Crippen LogP contribution in [-0.4, -0.2) is 188 Å². The molecule has 0 unspecified atom stereocenters. The molecule has 0 saturated carbocycles. The van der Waals surface area contributed by atoms with Crippen LogP contribution in [0, 0.1) is 6.92 Å². The first-order valence-electron chi connectivity index (χ1n) is 48.6. The van der Waals surface area contributed by atoms with E-state index in [-0.39, 0.29) is 56.3 Å². The van der Waals surface area contributed by atoms with E-state index in [4.69, 9.17) is 33.7 Å². The molecule has 0 aliphatic carbocycles. The average Bonchev–Trinajstić information content (AvgIpc) is 1.64. The monoisotopic (exact) mass is 2050 g/mol. The number of aryl methyl sites for hydroxylation is 1. The summed E-state index contributed by atoms with van der Waals surface area (Å²) in [5.74, 6) is 0. The molecule has 5 aliphatic rings. The zero-order chi connectivity index (χ0) is 104. The summed E-state index contributed by atoms with van der Waals surface area (Å²) < 4.78 is 155. The van der Waals surface area contributed by atoms with Gasteiger partial charge in [0.1, 0.15) is 50.5 Å². The van der Waals surface area contributed by atoms with Gasteiger partial charge in [0.05, 0.1) is 78.0 Å². The van der Waals surface area contributed by atoms with Crippen LogP contribution in [0.4, 0.5) is 68.0 Å². The molecule has 15 aromatic heterocycles. The summed E-state index contributed by atoms with van der Waals surface area (Å²) >= 11 is 6.20. The fourth-order valence-corrected chi connectivity index (χ4v) is 19.8. The Morgan fingerprint density at radius 3 is 1.03 bits per heavy atom. The molecule has 20 heterocycles. The standard InChI is InChI=1S/C23H21F3N4O2.C22H19F3N4O2.C22H22N4O2.C21H19ClN4O2.C21H17F3N4O2/c1-13-10-30(11-14(2)27-13)16-6-5-15-8-17(22(31)32-20(15)9-16)19-12-29-7-3-4-18(21(29)28-19)23(24,25)26;1-27-7-9-28(10-8-27)15-5-4-14-11-16(21(30)31-19(14)12-15)18-13-29-6-2-3-17(20(29)26-18)22(23,24)25;1-14-5-7-26-13-19(24-21(26)9-14)18-10-16-3-4-17(11-20(16)28-22(18)27)25-8-6-23-15(2)12-25;22-17-3-1-8-26-13-18(24-20(17)26)16-11-14-4-5-15(12-19(14)28-21(16)27)25-9-2-6-23-7-10-25;22-21(23,24)16-2-1-7-28-12-17(26-19(16)28)15-10-13-3-4-14(11-18(13)30-20(15)29)27-8-5-25-6-9-27/h3-9,12-14,27H,10-11H2,1-2H3;2-6,11-13H,7-10H2,1H3;3-5,7,9-11,13,15,23H,6,8,12H2,1-2H3;1,3-5,8,11-13,23H,2,6-7,9-10H2;1-4,7,10-12,25H,5-6,8-9H2/t13-,14+;;15-;;/m..0../s1. The van der Waals surface area contributed by atoms with Crippen molar-refractivity contribution in [3.8, 4) is 56.3 Å². The highest BCUT2D eigenvalue weighted by Crippen LogP contribution is 2.40. The molecular formula is C109H98ClF9N20O10. The SMILES string of the molecule is CN1CCN(c2ccc3cc(-c4cn5cccc(C(F)(F)F)c5n4)c(=O)oc3c2)CC1.C[C@@H]1CN(c2ccc3cc(-c4cn5cccc(C(F)(F)F)c5n4)c(=O)oc3c2)C[C@H](C)N1.Cc1ccn2cc(-c3cc4ccc(N5CCN[C@@H](C)C5)cc4oc3=O)nc2c1.O=c1oc2cc(N3CCCNCC3)ccc2cc1-c1cn2cccc(Cl)c2n1.O=c1oc2cc(N3CCNCC3)ccc2cc1-c1cn2cccc(C(F)(F)F)c2n1. The van der Waals surface area contributed by atoms with Gasteiger partial charge in [-0.05, 0) is 205 Å². The fourth-order valence-electron chi connectivity index (χ4n) is 19.6. The van der Waals surface area contributed by atoms with Gasteiger partial charge >= 0.3 is 46.7 Å². The number of hydrogen-bond donors (Lipinski definition) is 4. The van der Waals surface area contributed by atoms with E-state index < -0.39 is 57.7 Å². The Hall–Kier alpha value is -15.9. The number of pyridine rings is 5. The van der Waals surface area contributed by atoms with E-state index in [1.165, 1.54) is 68.6 Å². The summed E-state index contributed by atoms with van der Waals surface area (Å²) in [5.41, 5.74) is 6.90. The third-order valence-electron chi connectivity index (χ3n) is 27.1. The number of nitrogens with zero attached hydrogens (tertiary/aromatic N) is 16. The second-order valence-corrected chi connectivity index (χ2v) is 38.2. The topological polar surface area (TPSA) is 305 Å². The van der Waals surface area contributed by atoms with Crippen molar-refractivity contribution in [2.45, 2.75) is 70.8 Å². The predicted molar refractivity (Wildman–Crippen MR) is 557 cm³/mol. The number of anilines is 5. The van der Waals surface area contributed by atoms with Gasteiger partial charge in [-0.2, -0.15) is 39.5 Å². The Morgan fingerprint density at radius 1 is 0.329 bits per heavy atom. The van der Waals surface area contributed by atoms with Gasteiger partial charge in [-0.1, -0.05) is 11.6 Å². The Bertz CT molecular complexity index is 8820. The highest BCUT2D eigenvalue weighted by atomic mass is 35.5. The highest BCUT2D eigenvalue weighted by Gasteiger charge is 2.38. The van der Waals surface area contributed by atoms with Crippen LogP contribution in [-0.2, 0) is 18.5 Å². The predicted octanol–water partition coefficient (Wildman–Crippen LogP) is 18.5. The van der Waals surface area contributed by atoms with Crippen LogP contribution in [0.3, 0.4) is 0 Å². The van der Waals surface area contributed by atoms with Gasteiger partial charge in [0.15, 0.2) is 5.65 Å². The first-order valence-corrected chi connectivity index (χ1v) is 49.0. The van der Waals surface area contributed by atoms with Gasteiger partial charge in [-0.3, -0.25) is 0 Å². The maximum absolute atomic E-state index is 13.3. The minimum Gasteiger partial charge on any atom is -0.422 e. The molecule has 25 rings (SSSR count). The van der Waals surface area contributed by atoms with Gasteiger partial charge in [-0.15, -0.1) is 0 Å². The molecule has 0 bridgehead atoms. The number of halogens is 10. The summed E-state index contributed by atoms with van der Waals surface area (Å²) in [6.45, 7) is 24.0. The molecule has 149 heavy (non-hydrogen) atoms. The molecule has 20 aromatic rings. The fraction of sp³-hybridized carbons (Fsp3) is 0.266. The molecule has 5 saturated heterocycles. The maximum atomic E-state index is 13.3. The van der Waals surface area contributed by atoms with Crippen molar-refractivity contribution >= 4 is 123 Å². The van der Waals surface area contributed by atoms with Gasteiger partial charge in [0.2, 0.25) is 0 Å². The second-order valence-electron chi connectivity index (χ2n) is 37.8. The van der Waals surface area contributed by atoms with Crippen LogP contribution in [0.2, 0.25) is 5.02 Å². The van der Waals surface area contributed by atoms with Crippen LogP contribution in [0.5, 0.6) is 0 Å². The number of benzene rings is 5. The average molecular weight is 2050 g/mol. The molecule has 5 aliphatic heterocycles. The van der Waals surface area contributed by atoms with E-state index in [1.54, 1.807) is 34.9 Å². The van der Waals surface area contributed by atoms with Crippen LogP contribution in [0.25, 0.3) is 139 Å². The summed E-state index contributed by atoms with van der Waals surface area (Å²) in [4.78, 5) is 98.3. The van der Waals surface area contributed by atoms with Gasteiger partial charge < -0.3 is 94.8 Å². The van der Waals surface area contributed by atoms with Crippen LogP contribution in [0.15, 0.2) is 290 Å². The van der Waals surface area contributed by atoms with E-state index in [1.807, 2.05) is 139 Å². The lowest BCUT2D eigenvalue weighted by molar-refractivity contribution is -0.137. The number of rotatable bonds is 10. The Balaban J connectivity index is 0.000000109. The Kier molecular flexibility index (Phi) is 27.1. The minimum absolute atomic E-state index is 0.117.